The monoisotopic (exact) mass is 432 g/mol. The molecule has 2 aliphatic heterocycles. The smallest absolute Gasteiger partial charge is 0.273 e. The third-order valence-electron chi connectivity index (χ3n) is 6.16. The van der Waals surface area contributed by atoms with Crippen molar-refractivity contribution < 1.29 is 14.3 Å². The number of hydrogen-bond donors (Lipinski definition) is 1. The maximum absolute atomic E-state index is 13.5. The second-order valence-electron chi connectivity index (χ2n) is 8.09. The molecule has 1 saturated heterocycles. The second kappa shape index (κ2) is 9.14. The van der Waals surface area contributed by atoms with Crippen LogP contribution in [-0.4, -0.2) is 71.9 Å². The first kappa shape index (κ1) is 20.7. The van der Waals surface area contributed by atoms with Gasteiger partial charge in [0.2, 0.25) is 0 Å². The van der Waals surface area contributed by atoms with Crippen molar-refractivity contribution in [3.63, 3.8) is 0 Å². The summed E-state index contributed by atoms with van der Waals surface area (Å²) in [5, 5.41) is 7.58. The largest absolute Gasteiger partial charge is 0.494 e. The van der Waals surface area contributed by atoms with Gasteiger partial charge >= 0.3 is 0 Å². The number of hydrogen-bond acceptors (Lipinski definition) is 5. The summed E-state index contributed by atoms with van der Waals surface area (Å²) < 4.78 is 11.2. The van der Waals surface area contributed by atoms with E-state index in [1.807, 2.05) is 60.4 Å². The van der Waals surface area contributed by atoms with E-state index in [4.69, 9.17) is 9.47 Å². The SMILES string of the molecule is CCOc1cccc(C2c3c(-c4ccccc4)n[nH]c3C(=O)N2CCN2CCOCC2)c1. The van der Waals surface area contributed by atoms with Gasteiger partial charge in [0.1, 0.15) is 11.4 Å². The first-order valence-electron chi connectivity index (χ1n) is 11.2. The number of fused-ring (bicyclic) bond motifs is 1. The van der Waals surface area contributed by atoms with Crippen LogP contribution in [0, 0.1) is 0 Å². The molecule has 3 heterocycles. The van der Waals surface area contributed by atoms with Crippen molar-refractivity contribution in [3.05, 3.63) is 71.4 Å². The summed E-state index contributed by atoms with van der Waals surface area (Å²) in [5.74, 6) is 0.804. The highest BCUT2D eigenvalue weighted by atomic mass is 16.5. The van der Waals surface area contributed by atoms with Crippen molar-refractivity contribution in [1.29, 1.82) is 0 Å². The quantitative estimate of drug-likeness (QED) is 0.620. The third kappa shape index (κ3) is 3.89. The molecule has 0 radical (unpaired) electrons. The standard InChI is InChI=1S/C25H28N4O3/c1-2-32-20-10-6-9-19(17-20)24-21-22(18-7-4-3-5-8-18)26-27-23(21)25(30)29(24)12-11-28-13-15-31-16-14-28/h3-10,17,24H,2,11-16H2,1H3,(H,26,27). The van der Waals surface area contributed by atoms with Gasteiger partial charge in [0, 0.05) is 37.3 Å². The Morgan fingerprint density at radius 2 is 1.91 bits per heavy atom. The van der Waals surface area contributed by atoms with Crippen LogP contribution in [-0.2, 0) is 4.74 Å². The van der Waals surface area contributed by atoms with E-state index < -0.39 is 0 Å². The normalized spacial score (nSPS) is 18.7. The molecule has 2 aliphatic rings. The highest BCUT2D eigenvalue weighted by molar-refractivity contribution is 6.00. The number of aromatic nitrogens is 2. The molecule has 5 rings (SSSR count). The van der Waals surface area contributed by atoms with Crippen LogP contribution in [0.4, 0.5) is 0 Å². The summed E-state index contributed by atoms with van der Waals surface area (Å²) in [6.45, 7) is 7.31. The van der Waals surface area contributed by atoms with E-state index in [0.29, 0.717) is 18.8 Å². The molecule has 7 heteroatoms. The molecule has 7 nitrogen and oxygen atoms in total. The number of amides is 1. The first-order valence-corrected chi connectivity index (χ1v) is 11.2. The number of rotatable bonds is 7. The second-order valence-corrected chi connectivity index (χ2v) is 8.09. The molecule has 0 bridgehead atoms. The van der Waals surface area contributed by atoms with Crippen LogP contribution in [0.1, 0.15) is 34.6 Å². The van der Waals surface area contributed by atoms with Gasteiger partial charge in [-0.2, -0.15) is 5.10 Å². The molecule has 1 N–H and O–H groups in total. The van der Waals surface area contributed by atoms with Crippen LogP contribution in [0.2, 0.25) is 0 Å². The highest BCUT2D eigenvalue weighted by Crippen LogP contribution is 2.43. The molecule has 0 spiro atoms. The lowest BCUT2D eigenvalue weighted by molar-refractivity contribution is 0.0316. The number of H-pyrrole nitrogens is 1. The number of aromatic amines is 1. The minimum Gasteiger partial charge on any atom is -0.494 e. The van der Waals surface area contributed by atoms with E-state index in [9.17, 15) is 4.79 Å². The topological polar surface area (TPSA) is 70.7 Å². The molecule has 0 saturated carbocycles. The molecule has 1 fully saturated rings. The minimum atomic E-state index is -0.215. The number of carbonyl (C=O) groups excluding carboxylic acids is 1. The van der Waals surface area contributed by atoms with Gasteiger partial charge in [0.05, 0.1) is 31.6 Å². The fraction of sp³-hybridized carbons (Fsp3) is 0.360. The zero-order chi connectivity index (χ0) is 21.9. The molecule has 32 heavy (non-hydrogen) atoms. The van der Waals surface area contributed by atoms with Gasteiger partial charge in [0.25, 0.3) is 5.91 Å². The van der Waals surface area contributed by atoms with E-state index >= 15 is 0 Å². The van der Waals surface area contributed by atoms with Gasteiger partial charge in [-0.05, 0) is 24.6 Å². The Morgan fingerprint density at radius 3 is 2.69 bits per heavy atom. The Kier molecular flexibility index (Phi) is 5.92. The van der Waals surface area contributed by atoms with Crippen molar-refractivity contribution in [1.82, 2.24) is 20.0 Å². The van der Waals surface area contributed by atoms with Crippen LogP contribution >= 0.6 is 0 Å². The summed E-state index contributed by atoms with van der Waals surface area (Å²) in [6.07, 6.45) is 0. The molecule has 1 amide bonds. The molecule has 1 unspecified atom stereocenters. The molecule has 2 aromatic carbocycles. The molecule has 1 aromatic heterocycles. The zero-order valence-electron chi connectivity index (χ0n) is 18.3. The van der Waals surface area contributed by atoms with Crippen LogP contribution in [0.5, 0.6) is 5.75 Å². The summed E-state index contributed by atoms with van der Waals surface area (Å²) in [4.78, 5) is 17.8. The first-order chi connectivity index (χ1) is 15.8. The number of ether oxygens (including phenoxy) is 2. The predicted molar refractivity (Wildman–Crippen MR) is 122 cm³/mol. The van der Waals surface area contributed by atoms with Crippen LogP contribution in [0.3, 0.4) is 0 Å². The maximum atomic E-state index is 13.5. The number of benzene rings is 2. The number of morpholine rings is 1. The van der Waals surface area contributed by atoms with Crippen molar-refractivity contribution >= 4 is 5.91 Å². The molecule has 0 aliphatic carbocycles. The van der Waals surface area contributed by atoms with Crippen molar-refractivity contribution in [2.75, 3.05) is 46.0 Å². The number of nitrogens with zero attached hydrogens (tertiary/aromatic N) is 3. The predicted octanol–water partition coefficient (Wildman–Crippen LogP) is 3.35. The van der Waals surface area contributed by atoms with Crippen LogP contribution in [0.15, 0.2) is 54.6 Å². The Balaban J connectivity index is 1.53. The van der Waals surface area contributed by atoms with Crippen molar-refractivity contribution in [2.24, 2.45) is 0 Å². The molecular weight excluding hydrogens is 404 g/mol. The fourth-order valence-corrected chi connectivity index (χ4v) is 4.60. The average Bonchev–Trinajstić information content (AvgIpc) is 3.38. The zero-order valence-corrected chi connectivity index (χ0v) is 18.3. The summed E-state index contributed by atoms with van der Waals surface area (Å²) >= 11 is 0. The van der Waals surface area contributed by atoms with Crippen LogP contribution < -0.4 is 4.74 Å². The Labute approximate surface area is 187 Å². The summed E-state index contributed by atoms with van der Waals surface area (Å²) in [7, 11) is 0. The lowest BCUT2D eigenvalue weighted by Crippen LogP contribution is -2.42. The number of nitrogens with one attached hydrogen (secondary N) is 1. The maximum Gasteiger partial charge on any atom is 0.273 e. The van der Waals surface area contributed by atoms with E-state index in [2.05, 4.69) is 21.2 Å². The molecule has 166 valence electrons. The Bertz CT molecular complexity index is 1080. The van der Waals surface area contributed by atoms with E-state index in [0.717, 1.165) is 61.0 Å². The van der Waals surface area contributed by atoms with E-state index in [1.165, 1.54) is 0 Å². The lowest BCUT2D eigenvalue weighted by Gasteiger charge is -2.31. The van der Waals surface area contributed by atoms with Crippen molar-refractivity contribution in [3.8, 4) is 17.0 Å². The average molecular weight is 433 g/mol. The van der Waals surface area contributed by atoms with Crippen molar-refractivity contribution in [2.45, 2.75) is 13.0 Å². The molecule has 3 aromatic rings. The Hall–Kier alpha value is -3.16. The Morgan fingerprint density at radius 1 is 1.09 bits per heavy atom. The van der Waals surface area contributed by atoms with Gasteiger partial charge in [0.15, 0.2) is 0 Å². The van der Waals surface area contributed by atoms with Crippen LogP contribution in [0.25, 0.3) is 11.3 Å². The highest BCUT2D eigenvalue weighted by Gasteiger charge is 2.42. The minimum absolute atomic E-state index is 0.00486. The van der Waals surface area contributed by atoms with Gasteiger partial charge in [-0.3, -0.25) is 14.8 Å². The van der Waals surface area contributed by atoms with Gasteiger partial charge in [-0.15, -0.1) is 0 Å². The fourth-order valence-electron chi connectivity index (χ4n) is 4.60. The van der Waals surface area contributed by atoms with Gasteiger partial charge < -0.3 is 14.4 Å². The number of carbonyl (C=O) groups is 1. The molecular formula is C25H28N4O3. The summed E-state index contributed by atoms with van der Waals surface area (Å²) in [5.41, 5.74) is 4.38. The lowest BCUT2D eigenvalue weighted by atomic mass is 9.96. The summed E-state index contributed by atoms with van der Waals surface area (Å²) in [6, 6.07) is 17.9. The van der Waals surface area contributed by atoms with E-state index in [1.54, 1.807) is 0 Å². The molecule has 1 atom stereocenters. The third-order valence-corrected chi connectivity index (χ3v) is 6.16. The van der Waals surface area contributed by atoms with E-state index in [-0.39, 0.29) is 11.9 Å². The van der Waals surface area contributed by atoms with Gasteiger partial charge in [-0.1, -0.05) is 42.5 Å². The van der Waals surface area contributed by atoms with Gasteiger partial charge in [-0.25, -0.2) is 0 Å².